The lowest BCUT2D eigenvalue weighted by atomic mass is 10.2. The van der Waals surface area contributed by atoms with Gasteiger partial charge >= 0.3 is 6.09 Å². The largest absolute Gasteiger partial charge is 0.442 e. The number of hydrogen-bond donors (Lipinski definition) is 1. The van der Waals surface area contributed by atoms with Crippen LogP contribution in [0, 0.1) is 5.82 Å². The van der Waals surface area contributed by atoms with E-state index in [-0.39, 0.29) is 24.8 Å². The fourth-order valence-electron chi connectivity index (χ4n) is 2.97. The van der Waals surface area contributed by atoms with Gasteiger partial charge in [0.05, 0.1) is 24.5 Å². The highest BCUT2D eigenvalue weighted by Crippen LogP contribution is 2.28. The summed E-state index contributed by atoms with van der Waals surface area (Å²) < 4.78 is 19.9. The molecule has 1 N–H and O–H groups in total. The van der Waals surface area contributed by atoms with Crippen molar-refractivity contribution in [3.05, 3.63) is 35.5 Å². The molecule has 2 aliphatic heterocycles. The number of nitrogens with one attached hydrogen (secondary N) is 1. The lowest BCUT2D eigenvalue weighted by Gasteiger charge is -2.25. The molecule has 0 saturated carbocycles. The molecule has 0 aromatic heterocycles. The highest BCUT2D eigenvalue weighted by Gasteiger charge is 2.32. The third-order valence-corrected chi connectivity index (χ3v) is 5.15. The number of nitrogens with zero attached hydrogens (tertiary/aromatic N) is 2. The highest BCUT2D eigenvalue weighted by atomic mass is 32.2. The maximum atomic E-state index is 14.7. The van der Waals surface area contributed by atoms with E-state index in [1.807, 2.05) is 16.4 Å². The molecule has 8 heteroatoms. The van der Waals surface area contributed by atoms with Gasteiger partial charge in [0.15, 0.2) is 0 Å². The van der Waals surface area contributed by atoms with E-state index < -0.39 is 12.2 Å². The Kier molecular flexibility index (Phi) is 6.03. The number of thioether (sulfide) groups is 1. The molecule has 2 aliphatic rings. The molecule has 1 unspecified atom stereocenters. The summed E-state index contributed by atoms with van der Waals surface area (Å²) in [4.78, 5) is 26.4. The fraction of sp³-hybridized carbons (Fsp3) is 0.444. The van der Waals surface area contributed by atoms with Crippen molar-refractivity contribution in [1.29, 1.82) is 0 Å². The molecule has 0 aliphatic carbocycles. The molecular weight excluding hydrogens is 357 g/mol. The maximum absolute atomic E-state index is 14.7. The average Bonchev–Trinajstić information content (AvgIpc) is 2.94. The number of amides is 2. The van der Waals surface area contributed by atoms with Crippen LogP contribution in [0.3, 0.4) is 0 Å². The first kappa shape index (κ1) is 18.6. The monoisotopic (exact) mass is 379 g/mol. The van der Waals surface area contributed by atoms with Gasteiger partial charge < -0.3 is 15.0 Å². The summed E-state index contributed by atoms with van der Waals surface area (Å²) in [6, 6.07) is 4.81. The Morgan fingerprint density at radius 1 is 1.46 bits per heavy atom. The van der Waals surface area contributed by atoms with Gasteiger partial charge in [0, 0.05) is 20.0 Å². The van der Waals surface area contributed by atoms with E-state index in [1.54, 1.807) is 23.9 Å². The average molecular weight is 379 g/mol. The van der Waals surface area contributed by atoms with Gasteiger partial charge in [0.2, 0.25) is 5.91 Å². The molecule has 2 amide bonds. The number of halogens is 1. The van der Waals surface area contributed by atoms with E-state index in [2.05, 4.69) is 5.32 Å². The van der Waals surface area contributed by atoms with Crippen molar-refractivity contribution >= 4 is 35.1 Å². The minimum atomic E-state index is -0.529. The molecule has 1 aromatic rings. The summed E-state index contributed by atoms with van der Waals surface area (Å²) in [7, 11) is 0. The molecule has 0 bridgehead atoms. The Morgan fingerprint density at radius 2 is 2.31 bits per heavy atom. The molecule has 2 heterocycles. The molecule has 1 saturated heterocycles. The third kappa shape index (κ3) is 4.49. The van der Waals surface area contributed by atoms with E-state index in [0.717, 1.165) is 18.7 Å². The zero-order valence-corrected chi connectivity index (χ0v) is 15.4. The number of carbonyl (C=O) groups excluding carboxylic acids is 2. The zero-order chi connectivity index (χ0) is 18.5. The van der Waals surface area contributed by atoms with Crippen LogP contribution in [0.5, 0.6) is 0 Å². The molecule has 1 fully saturated rings. The van der Waals surface area contributed by atoms with Gasteiger partial charge in [-0.3, -0.25) is 9.69 Å². The van der Waals surface area contributed by atoms with Crippen LogP contribution in [0.25, 0.3) is 0 Å². The zero-order valence-electron chi connectivity index (χ0n) is 14.6. The van der Waals surface area contributed by atoms with E-state index in [1.165, 1.54) is 17.9 Å². The molecule has 1 atom stereocenters. The van der Waals surface area contributed by atoms with Crippen molar-refractivity contribution in [2.75, 3.05) is 41.7 Å². The number of benzene rings is 1. The van der Waals surface area contributed by atoms with Gasteiger partial charge in [-0.25, -0.2) is 9.18 Å². The van der Waals surface area contributed by atoms with Crippen LogP contribution >= 0.6 is 11.8 Å². The number of hydrogen-bond acceptors (Lipinski definition) is 5. The van der Waals surface area contributed by atoms with Crippen LogP contribution in [-0.4, -0.2) is 50.0 Å². The first-order valence-electron chi connectivity index (χ1n) is 8.58. The minimum absolute atomic E-state index is 0.185. The summed E-state index contributed by atoms with van der Waals surface area (Å²) in [5, 5.41) is 4.67. The quantitative estimate of drug-likeness (QED) is 0.872. The van der Waals surface area contributed by atoms with Crippen molar-refractivity contribution < 1.29 is 18.7 Å². The molecular formula is C18H22FN3O3S. The molecule has 1 aromatic carbocycles. The predicted molar refractivity (Wildman–Crippen MR) is 101 cm³/mol. The van der Waals surface area contributed by atoms with Crippen molar-refractivity contribution in [2.24, 2.45) is 0 Å². The van der Waals surface area contributed by atoms with E-state index in [9.17, 15) is 14.0 Å². The molecule has 0 spiro atoms. The van der Waals surface area contributed by atoms with E-state index in [4.69, 9.17) is 4.74 Å². The highest BCUT2D eigenvalue weighted by molar-refractivity contribution is 8.02. The Balaban J connectivity index is 1.70. The Bertz CT molecular complexity index is 713. The van der Waals surface area contributed by atoms with E-state index >= 15 is 0 Å². The summed E-state index contributed by atoms with van der Waals surface area (Å²) in [5.41, 5.74) is 0.993. The second kappa shape index (κ2) is 8.44. The third-order valence-electron chi connectivity index (χ3n) is 4.24. The predicted octanol–water partition coefficient (Wildman–Crippen LogP) is 2.74. The Morgan fingerprint density at radius 3 is 3.08 bits per heavy atom. The van der Waals surface area contributed by atoms with Gasteiger partial charge in [-0.15, -0.1) is 11.8 Å². The number of ether oxygens (including phenoxy) is 1. The van der Waals surface area contributed by atoms with Crippen molar-refractivity contribution in [3.8, 4) is 0 Å². The van der Waals surface area contributed by atoms with E-state index in [0.29, 0.717) is 17.9 Å². The summed E-state index contributed by atoms with van der Waals surface area (Å²) in [6.45, 7) is 3.38. The molecule has 26 heavy (non-hydrogen) atoms. The standard InChI is InChI=1S/C18H22FN3O3S/c1-13(23)20-11-15-12-22(18(24)25-15)14-4-5-17(16(19)10-14)21-6-2-8-26-9-3-7-21/h2,4-5,8,10,15H,3,6-7,9,11-12H2,1H3,(H,20,23). The van der Waals surface area contributed by atoms with Crippen LogP contribution in [-0.2, 0) is 9.53 Å². The smallest absolute Gasteiger partial charge is 0.414 e. The number of anilines is 2. The number of carbonyl (C=O) groups is 2. The lowest BCUT2D eigenvalue weighted by Crippen LogP contribution is -2.33. The van der Waals surface area contributed by atoms with Gasteiger partial charge in [-0.05, 0) is 35.8 Å². The Hall–Kier alpha value is -2.22. The van der Waals surface area contributed by atoms with Crippen LogP contribution in [0.2, 0.25) is 0 Å². The van der Waals surface area contributed by atoms with Gasteiger partial charge in [0.25, 0.3) is 0 Å². The fourth-order valence-corrected chi connectivity index (χ4v) is 3.63. The molecule has 3 rings (SSSR count). The number of cyclic esters (lactones) is 1. The second-order valence-corrected chi connectivity index (χ2v) is 7.25. The summed E-state index contributed by atoms with van der Waals surface area (Å²) >= 11 is 1.77. The van der Waals surface area contributed by atoms with Crippen LogP contribution in [0.15, 0.2) is 29.7 Å². The first-order valence-corrected chi connectivity index (χ1v) is 9.63. The van der Waals surface area contributed by atoms with Gasteiger partial charge in [-0.1, -0.05) is 6.08 Å². The number of rotatable bonds is 4. The van der Waals surface area contributed by atoms with Gasteiger partial charge in [-0.2, -0.15) is 0 Å². The van der Waals surface area contributed by atoms with Crippen LogP contribution < -0.4 is 15.1 Å². The van der Waals surface area contributed by atoms with Crippen molar-refractivity contribution in [1.82, 2.24) is 5.32 Å². The maximum Gasteiger partial charge on any atom is 0.414 e. The minimum Gasteiger partial charge on any atom is -0.442 e. The van der Waals surface area contributed by atoms with Gasteiger partial charge in [0.1, 0.15) is 11.9 Å². The Labute approximate surface area is 156 Å². The molecule has 0 radical (unpaired) electrons. The normalized spacial score (nSPS) is 20.5. The molecule has 6 nitrogen and oxygen atoms in total. The summed E-state index contributed by atoms with van der Waals surface area (Å²) in [5.74, 6) is 0.472. The van der Waals surface area contributed by atoms with Crippen molar-refractivity contribution in [3.63, 3.8) is 0 Å². The topological polar surface area (TPSA) is 61.9 Å². The SMILES string of the molecule is CC(=O)NCC1CN(c2ccc(N3CC=CSCCC3)c(F)c2)C(=O)O1. The second-order valence-electron chi connectivity index (χ2n) is 6.23. The van der Waals surface area contributed by atoms with Crippen molar-refractivity contribution in [2.45, 2.75) is 19.4 Å². The first-order chi connectivity index (χ1) is 12.5. The molecule has 140 valence electrons. The van der Waals surface area contributed by atoms with Crippen LogP contribution in [0.4, 0.5) is 20.6 Å². The van der Waals surface area contributed by atoms with Crippen LogP contribution in [0.1, 0.15) is 13.3 Å². The summed E-state index contributed by atoms with van der Waals surface area (Å²) in [6.07, 6.45) is 2.05. The lowest BCUT2D eigenvalue weighted by molar-refractivity contribution is -0.119.